The summed E-state index contributed by atoms with van der Waals surface area (Å²) in [5.41, 5.74) is 0.553. The lowest BCUT2D eigenvalue weighted by Crippen LogP contribution is -2.43. The lowest BCUT2D eigenvalue weighted by molar-refractivity contribution is -0.0761. The van der Waals surface area contributed by atoms with E-state index in [1.54, 1.807) is 7.11 Å². The summed E-state index contributed by atoms with van der Waals surface area (Å²) >= 11 is 0. The van der Waals surface area contributed by atoms with Crippen LogP contribution in [0.25, 0.3) is 0 Å². The van der Waals surface area contributed by atoms with E-state index in [1.807, 2.05) is 30.3 Å². The summed E-state index contributed by atoms with van der Waals surface area (Å²) in [7, 11) is 1.75. The Bertz CT molecular complexity index is 399. The monoisotopic (exact) mass is 246 g/mol. The van der Waals surface area contributed by atoms with E-state index < -0.39 is 0 Å². The van der Waals surface area contributed by atoms with Gasteiger partial charge in [-0.3, -0.25) is 4.79 Å². The molecule has 0 heterocycles. The third-order valence-corrected chi connectivity index (χ3v) is 4.35. The van der Waals surface area contributed by atoms with E-state index in [0.717, 1.165) is 18.4 Å². The molecule has 0 N–H and O–H groups in total. The highest BCUT2D eigenvalue weighted by molar-refractivity contribution is 5.96. The summed E-state index contributed by atoms with van der Waals surface area (Å²) in [6.07, 6.45) is 5.10. The molecule has 0 aliphatic heterocycles. The van der Waals surface area contributed by atoms with Crippen molar-refractivity contribution in [3.05, 3.63) is 35.9 Å². The van der Waals surface area contributed by atoms with Crippen LogP contribution in [0.3, 0.4) is 0 Å². The second-order valence-electron chi connectivity index (χ2n) is 5.38. The molecule has 0 radical (unpaired) electrons. The average Bonchev–Trinajstić information content (AvgIpc) is 2.42. The van der Waals surface area contributed by atoms with Gasteiger partial charge in [-0.2, -0.15) is 0 Å². The first-order valence-electron chi connectivity index (χ1n) is 6.81. The molecule has 1 fully saturated rings. The molecule has 0 spiro atoms. The minimum absolute atomic E-state index is 0.200. The molecule has 1 aliphatic rings. The summed E-state index contributed by atoms with van der Waals surface area (Å²) in [4.78, 5) is 12.3. The van der Waals surface area contributed by atoms with E-state index in [1.165, 1.54) is 12.8 Å². The summed E-state index contributed by atoms with van der Waals surface area (Å²) < 4.78 is 5.76. The summed E-state index contributed by atoms with van der Waals surface area (Å²) in [5.74, 6) is 0.662. The van der Waals surface area contributed by atoms with Gasteiger partial charge in [-0.05, 0) is 18.8 Å². The van der Waals surface area contributed by atoms with Crippen LogP contribution in [0.1, 0.15) is 49.4 Å². The number of hydrogen-bond donors (Lipinski definition) is 0. The number of ether oxygens (including phenoxy) is 1. The molecule has 0 saturated heterocycles. The van der Waals surface area contributed by atoms with Gasteiger partial charge in [0.2, 0.25) is 0 Å². The molecule has 2 nitrogen and oxygen atoms in total. The fourth-order valence-corrected chi connectivity index (χ4v) is 3.02. The maximum absolute atomic E-state index is 12.3. The van der Waals surface area contributed by atoms with E-state index in [-0.39, 0.29) is 11.4 Å². The van der Waals surface area contributed by atoms with E-state index in [2.05, 4.69) is 6.92 Å². The topological polar surface area (TPSA) is 26.3 Å². The number of hydrogen-bond acceptors (Lipinski definition) is 2. The largest absolute Gasteiger partial charge is 0.377 e. The summed E-state index contributed by atoms with van der Waals surface area (Å²) in [6, 6.07) is 9.54. The van der Waals surface area contributed by atoms with Crippen LogP contribution >= 0.6 is 0 Å². The third kappa shape index (κ3) is 2.64. The lowest BCUT2D eigenvalue weighted by atomic mass is 9.73. The van der Waals surface area contributed by atoms with Crippen LogP contribution in [0.4, 0.5) is 0 Å². The average molecular weight is 246 g/mol. The maximum Gasteiger partial charge on any atom is 0.165 e. The van der Waals surface area contributed by atoms with Crippen molar-refractivity contribution >= 4 is 5.78 Å². The van der Waals surface area contributed by atoms with Crippen LogP contribution in [0.15, 0.2) is 30.3 Å². The normalized spacial score (nSPS) is 28.0. The molecular weight excluding hydrogens is 224 g/mol. The van der Waals surface area contributed by atoms with Gasteiger partial charge in [0.05, 0.1) is 5.60 Å². The molecule has 2 unspecified atom stereocenters. The minimum Gasteiger partial charge on any atom is -0.377 e. The van der Waals surface area contributed by atoms with Crippen LogP contribution in [0.5, 0.6) is 0 Å². The van der Waals surface area contributed by atoms with Crippen molar-refractivity contribution in [2.45, 2.75) is 44.6 Å². The predicted molar refractivity (Wildman–Crippen MR) is 72.8 cm³/mol. The van der Waals surface area contributed by atoms with Crippen LogP contribution in [-0.2, 0) is 4.74 Å². The number of rotatable bonds is 4. The fraction of sp³-hybridized carbons (Fsp3) is 0.562. The van der Waals surface area contributed by atoms with E-state index in [9.17, 15) is 4.79 Å². The molecule has 0 amide bonds. The number of methoxy groups -OCH3 is 1. The van der Waals surface area contributed by atoms with Crippen molar-refractivity contribution in [1.29, 1.82) is 0 Å². The number of ketones is 1. The first-order valence-corrected chi connectivity index (χ1v) is 6.81. The zero-order valence-corrected chi connectivity index (χ0v) is 11.3. The Morgan fingerprint density at radius 2 is 2.06 bits per heavy atom. The van der Waals surface area contributed by atoms with Gasteiger partial charge < -0.3 is 4.74 Å². The van der Waals surface area contributed by atoms with Crippen molar-refractivity contribution in [3.8, 4) is 0 Å². The number of Topliss-reactive ketones (excluding diaryl/α,β-unsaturated/α-hetero) is 1. The fourth-order valence-electron chi connectivity index (χ4n) is 3.02. The van der Waals surface area contributed by atoms with E-state index >= 15 is 0 Å². The van der Waals surface area contributed by atoms with Crippen molar-refractivity contribution in [2.75, 3.05) is 7.11 Å². The molecule has 2 heteroatoms. The molecule has 0 aromatic heterocycles. The quantitative estimate of drug-likeness (QED) is 0.754. The van der Waals surface area contributed by atoms with Gasteiger partial charge in [-0.15, -0.1) is 0 Å². The van der Waals surface area contributed by atoms with E-state index in [4.69, 9.17) is 4.74 Å². The van der Waals surface area contributed by atoms with Gasteiger partial charge in [0.15, 0.2) is 5.78 Å². The number of carbonyl (C=O) groups is 1. The Morgan fingerprint density at radius 3 is 2.67 bits per heavy atom. The Balaban J connectivity index is 2.13. The Kier molecular flexibility index (Phi) is 4.18. The van der Waals surface area contributed by atoms with Gasteiger partial charge >= 0.3 is 0 Å². The van der Waals surface area contributed by atoms with Gasteiger partial charge in [-0.25, -0.2) is 0 Å². The van der Waals surface area contributed by atoms with Crippen molar-refractivity contribution in [1.82, 2.24) is 0 Å². The lowest BCUT2D eigenvalue weighted by Gasteiger charge is -2.41. The standard InChI is InChI=1S/C16H22O2/c1-13-8-6-7-11-16(13,18-2)12-15(17)14-9-4-3-5-10-14/h3-5,9-10,13H,6-8,11-12H2,1-2H3. The van der Waals surface area contributed by atoms with Crippen LogP contribution in [-0.4, -0.2) is 18.5 Å². The second-order valence-corrected chi connectivity index (χ2v) is 5.38. The minimum atomic E-state index is -0.245. The molecule has 1 saturated carbocycles. The smallest absolute Gasteiger partial charge is 0.165 e. The van der Waals surface area contributed by atoms with Crippen LogP contribution in [0, 0.1) is 5.92 Å². The van der Waals surface area contributed by atoms with Gasteiger partial charge in [0, 0.05) is 19.1 Å². The summed E-state index contributed by atoms with van der Waals surface area (Å²) in [5, 5.41) is 0. The third-order valence-electron chi connectivity index (χ3n) is 4.35. The second kappa shape index (κ2) is 5.66. The van der Waals surface area contributed by atoms with Crippen molar-refractivity contribution in [3.63, 3.8) is 0 Å². The van der Waals surface area contributed by atoms with Crippen molar-refractivity contribution in [2.24, 2.45) is 5.92 Å². The number of carbonyl (C=O) groups excluding carboxylic acids is 1. The Labute approximate surface area is 109 Å². The first kappa shape index (κ1) is 13.3. The van der Waals surface area contributed by atoms with Gasteiger partial charge in [0.1, 0.15) is 0 Å². The highest BCUT2D eigenvalue weighted by Crippen LogP contribution is 2.39. The van der Waals surface area contributed by atoms with Crippen LogP contribution in [0.2, 0.25) is 0 Å². The molecule has 18 heavy (non-hydrogen) atoms. The molecule has 98 valence electrons. The predicted octanol–water partition coefficient (Wildman–Crippen LogP) is 3.85. The Morgan fingerprint density at radius 1 is 1.33 bits per heavy atom. The van der Waals surface area contributed by atoms with Crippen LogP contribution < -0.4 is 0 Å². The molecule has 2 atom stereocenters. The molecule has 1 aromatic rings. The Hall–Kier alpha value is -1.15. The van der Waals surface area contributed by atoms with Gasteiger partial charge in [0.25, 0.3) is 0 Å². The zero-order chi connectivity index (χ0) is 13.0. The molecular formula is C16H22O2. The van der Waals surface area contributed by atoms with Crippen molar-refractivity contribution < 1.29 is 9.53 Å². The molecule has 0 bridgehead atoms. The number of benzene rings is 1. The van der Waals surface area contributed by atoms with Gasteiger partial charge in [-0.1, -0.05) is 50.1 Å². The highest BCUT2D eigenvalue weighted by Gasteiger charge is 2.40. The highest BCUT2D eigenvalue weighted by atomic mass is 16.5. The molecule has 2 rings (SSSR count). The zero-order valence-electron chi connectivity index (χ0n) is 11.3. The SMILES string of the molecule is COC1(CC(=O)c2ccccc2)CCCCC1C. The van der Waals surface area contributed by atoms with E-state index in [0.29, 0.717) is 12.3 Å². The molecule has 1 aliphatic carbocycles. The maximum atomic E-state index is 12.3. The first-order chi connectivity index (χ1) is 8.68. The molecule has 1 aromatic carbocycles. The summed E-state index contributed by atoms with van der Waals surface area (Å²) in [6.45, 7) is 2.21.